The molecule has 7 nitrogen and oxygen atoms in total. The topological polar surface area (TPSA) is 81.9 Å². The molecule has 1 aromatic heterocycles. The first kappa shape index (κ1) is 16.6. The minimum absolute atomic E-state index is 0.0228. The van der Waals surface area contributed by atoms with Crippen LogP contribution in [0.25, 0.3) is 11.4 Å². The molecule has 2 aromatic carbocycles. The van der Waals surface area contributed by atoms with Crippen LogP contribution in [0.1, 0.15) is 11.1 Å². The van der Waals surface area contributed by atoms with Gasteiger partial charge in [-0.25, -0.2) is 0 Å². The number of amides is 1. The molecule has 1 heterocycles. The van der Waals surface area contributed by atoms with Crippen molar-refractivity contribution in [2.24, 2.45) is 0 Å². The SMILES string of the molecule is COc1ccc(CNC(=O)Cn2nnc(-c3ccc(C)cc3)n2)cc1. The molecule has 0 aliphatic heterocycles. The highest BCUT2D eigenvalue weighted by molar-refractivity contribution is 5.75. The van der Waals surface area contributed by atoms with E-state index in [-0.39, 0.29) is 12.5 Å². The van der Waals surface area contributed by atoms with Gasteiger partial charge in [-0.15, -0.1) is 10.2 Å². The molecular formula is C18H19N5O2. The average Bonchev–Trinajstić information content (AvgIpc) is 3.09. The Labute approximate surface area is 145 Å². The number of tetrazole rings is 1. The van der Waals surface area contributed by atoms with E-state index in [1.54, 1.807) is 7.11 Å². The van der Waals surface area contributed by atoms with Gasteiger partial charge in [0, 0.05) is 12.1 Å². The number of benzene rings is 2. The number of aryl methyl sites for hydroxylation is 1. The quantitative estimate of drug-likeness (QED) is 0.744. The number of rotatable bonds is 6. The van der Waals surface area contributed by atoms with Crippen molar-refractivity contribution < 1.29 is 9.53 Å². The van der Waals surface area contributed by atoms with Gasteiger partial charge in [-0.2, -0.15) is 4.80 Å². The van der Waals surface area contributed by atoms with Crippen LogP contribution in [0.5, 0.6) is 5.75 Å². The first-order chi connectivity index (χ1) is 12.1. The Balaban J connectivity index is 1.55. The maximum atomic E-state index is 12.0. The molecule has 0 saturated carbocycles. The van der Waals surface area contributed by atoms with Gasteiger partial charge in [0.15, 0.2) is 0 Å². The van der Waals surface area contributed by atoms with E-state index >= 15 is 0 Å². The van der Waals surface area contributed by atoms with Crippen LogP contribution in [0.3, 0.4) is 0 Å². The molecule has 0 unspecified atom stereocenters. The molecule has 0 radical (unpaired) electrons. The summed E-state index contributed by atoms with van der Waals surface area (Å²) in [6, 6.07) is 15.4. The number of methoxy groups -OCH3 is 1. The molecule has 0 bridgehead atoms. The summed E-state index contributed by atoms with van der Waals surface area (Å²) in [5.41, 5.74) is 3.02. The van der Waals surface area contributed by atoms with E-state index < -0.39 is 0 Å². The van der Waals surface area contributed by atoms with Crippen molar-refractivity contribution in [3.63, 3.8) is 0 Å². The maximum Gasteiger partial charge on any atom is 0.243 e. The maximum absolute atomic E-state index is 12.0. The van der Waals surface area contributed by atoms with Crippen molar-refractivity contribution in [2.75, 3.05) is 7.11 Å². The lowest BCUT2D eigenvalue weighted by molar-refractivity contribution is -0.122. The Bertz CT molecular complexity index is 841. The zero-order valence-electron chi connectivity index (χ0n) is 14.1. The lowest BCUT2D eigenvalue weighted by atomic mass is 10.1. The molecule has 0 saturated heterocycles. The van der Waals surface area contributed by atoms with Crippen LogP contribution in [0.4, 0.5) is 0 Å². The lowest BCUT2D eigenvalue weighted by Crippen LogP contribution is -2.28. The molecule has 0 aliphatic carbocycles. The molecule has 0 fully saturated rings. The summed E-state index contributed by atoms with van der Waals surface area (Å²) < 4.78 is 5.10. The van der Waals surface area contributed by atoms with Gasteiger partial charge in [-0.05, 0) is 29.8 Å². The Hall–Kier alpha value is -3.22. The molecule has 0 spiro atoms. The number of aromatic nitrogens is 4. The predicted octanol–water partition coefficient (Wildman–Crippen LogP) is 1.97. The van der Waals surface area contributed by atoms with Crippen molar-refractivity contribution in [1.82, 2.24) is 25.5 Å². The number of ether oxygens (including phenoxy) is 1. The number of carbonyl (C=O) groups excluding carboxylic acids is 1. The third-order valence-corrected chi connectivity index (χ3v) is 3.70. The molecular weight excluding hydrogens is 318 g/mol. The monoisotopic (exact) mass is 337 g/mol. The van der Waals surface area contributed by atoms with Gasteiger partial charge < -0.3 is 10.1 Å². The molecule has 3 aromatic rings. The number of nitrogens with one attached hydrogen (secondary N) is 1. The molecule has 0 atom stereocenters. The minimum atomic E-state index is -0.177. The minimum Gasteiger partial charge on any atom is -0.497 e. The standard InChI is InChI=1S/C18H19N5O2/c1-13-3-7-15(8-4-13)18-20-22-23(21-18)12-17(24)19-11-14-5-9-16(25-2)10-6-14/h3-10H,11-12H2,1-2H3,(H,19,24). The third kappa shape index (κ3) is 4.41. The van der Waals surface area contributed by atoms with Crippen molar-refractivity contribution in [3.8, 4) is 17.1 Å². The van der Waals surface area contributed by atoms with E-state index in [9.17, 15) is 4.79 Å². The van der Waals surface area contributed by atoms with Gasteiger partial charge in [-0.1, -0.05) is 42.0 Å². The zero-order valence-corrected chi connectivity index (χ0v) is 14.1. The van der Waals surface area contributed by atoms with Crippen molar-refractivity contribution in [2.45, 2.75) is 20.0 Å². The van der Waals surface area contributed by atoms with Gasteiger partial charge in [0.25, 0.3) is 0 Å². The van der Waals surface area contributed by atoms with Gasteiger partial charge in [0.2, 0.25) is 11.7 Å². The van der Waals surface area contributed by atoms with Gasteiger partial charge in [0.1, 0.15) is 12.3 Å². The molecule has 1 N–H and O–H groups in total. The first-order valence-corrected chi connectivity index (χ1v) is 7.88. The normalized spacial score (nSPS) is 10.5. The highest BCUT2D eigenvalue weighted by Gasteiger charge is 2.09. The van der Waals surface area contributed by atoms with Crippen LogP contribution in [0.15, 0.2) is 48.5 Å². The largest absolute Gasteiger partial charge is 0.497 e. The molecule has 25 heavy (non-hydrogen) atoms. The molecule has 3 rings (SSSR count). The van der Waals surface area contributed by atoms with E-state index in [2.05, 4.69) is 20.7 Å². The van der Waals surface area contributed by atoms with Crippen LogP contribution < -0.4 is 10.1 Å². The number of hydrogen-bond acceptors (Lipinski definition) is 5. The predicted molar refractivity (Wildman–Crippen MR) is 92.8 cm³/mol. The molecule has 128 valence electrons. The summed E-state index contributed by atoms with van der Waals surface area (Å²) in [7, 11) is 1.62. The molecule has 0 aliphatic rings. The fourth-order valence-corrected chi connectivity index (χ4v) is 2.26. The highest BCUT2D eigenvalue weighted by atomic mass is 16.5. The Morgan fingerprint density at radius 2 is 1.84 bits per heavy atom. The van der Waals surface area contributed by atoms with Gasteiger partial charge in [-0.3, -0.25) is 4.79 Å². The second kappa shape index (κ2) is 7.57. The highest BCUT2D eigenvalue weighted by Crippen LogP contribution is 2.14. The third-order valence-electron chi connectivity index (χ3n) is 3.70. The van der Waals surface area contributed by atoms with Crippen LogP contribution in [-0.4, -0.2) is 33.2 Å². The first-order valence-electron chi connectivity index (χ1n) is 7.88. The van der Waals surface area contributed by atoms with E-state index in [1.165, 1.54) is 4.80 Å². The number of hydrogen-bond donors (Lipinski definition) is 1. The second-order valence-corrected chi connectivity index (χ2v) is 5.63. The second-order valence-electron chi connectivity index (χ2n) is 5.63. The van der Waals surface area contributed by atoms with Gasteiger partial charge in [0.05, 0.1) is 7.11 Å². The van der Waals surface area contributed by atoms with E-state index in [0.29, 0.717) is 12.4 Å². The van der Waals surface area contributed by atoms with E-state index in [1.807, 2.05) is 55.5 Å². The summed E-state index contributed by atoms with van der Waals surface area (Å²) in [5.74, 6) is 1.11. The van der Waals surface area contributed by atoms with Crippen LogP contribution in [0, 0.1) is 6.92 Å². The van der Waals surface area contributed by atoms with Crippen LogP contribution >= 0.6 is 0 Å². The van der Waals surface area contributed by atoms with E-state index in [4.69, 9.17) is 4.74 Å². The zero-order chi connectivity index (χ0) is 17.6. The van der Waals surface area contributed by atoms with Crippen molar-refractivity contribution in [1.29, 1.82) is 0 Å². The number of carbonyl (C=O) groups is 1. The van der Waals surface area contributed by atoms with Crippen molar-refractivity contribution in [3.05, 3.63) is 59.7 Å². The fraction of sp³-hybridized carbons (Fsp3) is 0.222. The van der Waals surface area contributed by atoms with Crippen molar-refractivity contribution >= 4 is 5.91 Å². The summed E-state index contributed by atoms with van der Waals surface area (Å²) in [4.78, 5) is 13.3. The lowest BCUT2D eigenvalue weighted by Gasteiger charge is -2.05. The summed E-state index contributed by atoms with van der Waals surface area (Å²) >= 11 is 0. The van der Waals surface area contributed by atoms with Crippen LogP contribution in [-0.2, 0) is 17.9 Å². The van der Waals surface area contributed by atoms with Crippen LogP contribution in [0.2, 0.25) is 0 Å². The smallest absolute Gasteiger partial charge is 0.243 e. The fourth-order valence-electron chi connectivity index (χ4n) is 2.26. The Morgan fingerprint density at radius 3 is 2.52 bits per heavy atom. The Kier molecular flexibility index (Phi) is 5.03. The summed E-state index contributed by atoms with van der Waals surface area (Å²) in [6.07, 6.45) is 0. The molecule has 7 heteroatoms. The van der Waals surface area contributed by atoms with E-state index in [0.717, 1.165) is 22.4 Å². The van der Waals surface area contributed by atoms with Gasteiger partial charge >= 0.3 is 0 Å². The summed E-state index contributed by atoms with van der Waals surface area (Å²) in [6.45, 7) is 2.47. The summed E-state index contributed by atoms with van der Waals surface area (Å²) in [5, 5.41) is 15.0. The Morgan fingerprint density at radius 1 is 1.12 bits per heavy atom. The number of nitrogens with zero attached hydrogens (tertiary/aromatic N) is 4. The average molecular weight is 337 g/mol. The molecule has 1 amide bonds.